The van der Waals surface area contributed by atoms with Crippen molar-refractivity contribution in [2.75, 3.05) is 27.1 Å². The first kappa shape index (κ1) is 24.1. The Labute approximate surface area is 197 Å². The summed E-state index contributed by atoms with van der Waals surface area (Å²) >= 11 is 0. The van der Waals surface area contributed by atoms with Crippen molar-refractivity contribution < 1.29 is 18.9 Å². The largest absolute Gasteiger partial charge is 0.489 e. The average molecular weight is 445 g/mol. The quantitative estimate of drug-likeness (QED) is 0.231. The zero-order valence-electron chi connectivity index (χ0n) is 19.8. The normalized spacial score (nSPS) is 11.3. The molecule has 3 aromatic rings. The van der Waals surface area contributed by atoms with E-state index in [0.29, 0.717) is 13.2 Å². The summed E-state index contributed by atoms with van der Waals surface area (Å²) < 4.78 is 22.9. The average Bonchev–Trinajstić information content (AvgIpc) is 2.84. The number of rotatable bonds is 11. The van der Waals surface area contributed by atoms with E-state index in [1.54, 1.807) is 7.11 Å². The minimum Gasteiger partial charge on any atom is -0.489 e. The molecule has 0 N–H and O–H groups in total. The van der Waals surface area contributed by atoms with E-state index in [0.717, 1.165) is 39.5 Å². The van der Waals surface area contributed by atoms with E-state index in [1.165, 1.54) is 5.56 Å². The van der Waals surface area contributed by atoms with E-state index < -0.39 is 0 Å². The number of hydrogen-bond acceptors (Lipinski definition) is 4. The summed E-state index contributed by atoms with van der Waals surface area (Å²) in [5, 5.41) is 0. The fraction of sp³-hybridized carbons (Fsp3) is 0.241. The third-order valence-corrected chi connectivity index (χ3v) is 5.09. The lowest BCUT2D eigenvalue weighted by Gasteiger charge is -2.18. The molecule has 4 heteroatoms. The van der Waals surface area contributed by atoms with Gasteiger partial charge < -0.3 is 18.9 Å². The number of aryl methyl sites for hydroxylation is 1. The number of hydrogen-bond donors (Lipinski definition) is 0. The third-order valence-electron chi connectivity index (χ3n) is 5.09. The molecule has 0 bridgehead atoms. The van der Waals surface area contributed by atoms with Gasteiger partial charge in [0.25, 0.3) is 0 Å². The van der Waals surface area contributed by atoms with Gasteiger partial charge in [0.15, 0.2) is 6.79 Å². The highest BCUT2D eigenvalue weighted by molar-refractivity contribution is 5.81. The van der Waals surface area contributed by atoms with Crippen molar-refractivity contribution in [2.45, 2.75) is 20.8 Å². The summed E-state index contributed by atoms with van der Waals surface area (Å²) in [6, 6.07) is 20.5. The standard InChI is InChI=1S/C29H32O4/c1-5-7-17-31-28-20-27(24-13-15-25(16-14-24)33-21-30-4)29(32-18-8-6-2)19-26(28)23-11-9-22(3)10-12-23/h5-16,19-20H,17-18,21H2,1-4H3/b7-5+,8-6+. The summed E-state index contributed by atoms with van der Waals surface area (Å²) in [6.45, 7) is 7.26. The Kier molecular flexibility index (Phi) is 9.16. The Morgan fingerprint density at radius 2 is 1.15 bits per heavy atom. The summed E-state index contributed by atoms with van der Waals surface area (Å²) in [5.41, 5.74) is 5.28. The lowest BCUT2D eigenvalue weighted by Crippen LogP contribution is -2.01. The first-order valence-electron chi connectivity index (χ1n) is 11.1. The van der Waals surface area contributed by atoms with Crippen molar-refractivity contribution in [3.05, 3.63) is 90.5 Å². The number of ether oxygens (including phenoxy) is 4. The summed E-state index contributed by atoms with van der Waals surface area (Å²) in [5.74, 6) is 2.36. The first-order valence-corrected chi connectivity index (χ1v) is 11.1. The van der Waals surface area contributed by atoms with Gasteiger partial charge in [-0.15, -0.1) is 0 Å². The maximum absolute atomic E-state index is 6.19. The van der Waals surface area contributed by atoms with Crippen LogP contribution in [-0.4, -0.2) is 27.1 Å². The minimum atomic E-state index is 0.214. The fourth-order valence-electron chi connectivity index (χ4n) is 3.31. The summed E-state index contributed by atoms with van der Waals surface area (Å²) in [4.78, 5) is 0. The van der Waals surface area contributed by atoms with Crippen LogP contribution in [0.15, 0.2) is 85.0 Å². The van der Waals surface area contributed by atoms with Gasteiger partial charge in [-0.2, -0.15) is 0 Å². The van der Waals surface area contributed by atoms with Crippen molar-refractivity contribution in [3.8, 4) is 39.5 Å². The van der Waals surface area contributed by atoms with Gasteiger partial charge in [0.05, 0.1) is 0 Å². The Balaban J connectivity index is 2.08. The van der Waals surface area contributed by atoms with Crippen LogP contribution in [0.3, 0.4) is 0 Å². The van der Waals surface area contributed by atoms with Gasteiger partial charge in [-0.3, -0.25) is 0 Å². The predicted octanol–water partition coefficient (Wildman–Crippen LogP) is 7.22. The molecule has 0 amide bonds. The van der Waals surface area contributed by atoms with Gasteiger partial charge in [0.1, 0.15) is 30.5 Å². The van der Waals surface area contributed by atoms with Gasteiger partial charge in [-0.05, 0) is 56.2 Å². The van der Waals surface area contributed by atoms with E-state index in [4.69, 9.17) is 18.9 Å². The van der Waals surface area contributed by atoms with Crippen LogP contribution in [-0.2, 0) is 4.74 Å². The van der Waals surface area contributed by atoms with Gasteiger partial charge in [0.2, 0.25) is 0 Å². The SMILES string of the molecule is C/C=C/COc1cc(-c2ccc(OCOC)cc2)c(OC/C=C/C)cc1-c1ccc(C)cc1. The minimum absolute atomic E-state index is 0.214. The number of allylic oxidation sites excluding steroid dienone is 2. The number of methoxy groups -OCH3 is 1. The molecule has 0 spiro atoms. The molecule has 0 aliphatic carbocycles. The van der Waals surface area contributed by atoms with Gasteiger partial charge in [-0.1, -0.05) is 66.3 Å². The summed E-state index contributed by atoms with van der Waals surface area (Å²) in [6.07, 6.45) is 7.96. The van der Waals surface area contributed by atoms with Crippen molar-refractivity contribution in [3.63, 3.8) is 0 Å². The van der Waals surface area contributed by atoms with Crippen LogP contribution < -0.4 is 14.2 Å². The maximum Gasteiger partial charge on any atom is 0.188 e. The van der Waals surface area contributed by atoms with Gasteiger partial charge >= 0.3 is 0 Å². The van der Waals surface area contributed by atoms with Crippen LogP contribution in [0, 0.1) is 6.92 Å². The van der Waals surface area contributed by atoms with Crippen LogP contribution in [0.25, 0.3) is 22.3 Å². The highest BCUT2D eigenvalue weighted by Gasteiger charge is 2.15. The maximum atomic E-state index is 6.19. The molecule has 172 valence electrons. The molecule has 0 aromatic heterocycles. The molecule has 3 rings (SSSR count). The highest BCUT2D eigenvalue weighted by Crippen LogP contribution is 2.41. The lowest BCUT2D eigenvalue weighted by molar-refractivity contribution is 0.0511. The molecule has 0 aliphatic heterocycles. The summed E-state index contributed by atoms with van der Waals surface area (Å²) in [7, 11) is 1.60. The molecule has 0 saturated carbocycles. The molecule has 3 aromatic carbocycles. The van der Waals surface area contributed by atoms with Gasteiger partial charge in [0, 0.05) is 18.2 Å². The van der Waals surface area contributed by atoms with Crippen molar-refractivity contribution in [2.24, 2.45) is 0 Å². The Hall–Kier alpha value is -3.50. The molecular formula is C29H32O4. The molecule has 4 nitrogen and oxygen atoms in total. The smallest absolute Gasteiger partial charge is 0.188 e. The predicted molar refractivity (Wildman–Crippen MR) is 135 cm³/mol. The van der Waals surface area contributed by atoms with E-state index in [9.17, 15) is 0 Å². The van der Waals surface area contributed by atoms with Crippen molar-refractivity contribution in [1.29, 1.82) is 0 Å². The molecule has 0 radical (unpaired) electrons. The van der Waals surface area contributed by atoms with Crippen LogP contribution in [0.2, 0.25) is 0 Å². The van der Waals surface area contributed by atoms with E-state index >= 15 is 0 Å². The topological polar surface area (TPSA) is 36.9 Å². The van der Waals surface area contributed by atoms with E-state index in [-0.39, 0.29) is 6.79 Å². The van der Waals surface area contributed by atoms with E-state index in [1.807, 2.05) is 62.4 Å². The van der Waals surface area contributed by atoms with Crippen LogP contribution >= 0.6 is 0 Å². The molecule has 0 fully saturated rings. The number of benzene rings is 3. The molecule has 0 unspecified atom stereocenters. The monoisotopic (exact) mass is 444 g/mol. The molecular weight excluding hydrogens is 412 g/mol. The Morgan fingerprint density at radius 3 is 1.61 bits per heavy atom. The second kappa shape index (κ2) is 12.5. The first-order chi connectivity index (χ1) is 16.2. The molecule has 0 atom stereocenters. The van der Waals surface area contributed by atoms with Crippen molar-refractivity contribution >= 4 is 0 Å². The molecule has 0 saturated heterocycles. The second-order valence-electron chi connectivity index (χ2n) is 7.55. The third kappa shape index (κ3) is 6.74. The van der Waals surface area contributed by atoms with Crippen LogP contribution in [0.4, 0.5) is 0 Å². The molecule has 33 heavy (non-hydrogen) atoms. The van der Waals surface area contributed by atoms with E-state index in [2.05, 4.69) is 43.3 Å². The Bertz CT molecular complexity index is 1060. The van der Waals surface area contributed by atoms with Gasteiger partial charge in [-0.25, -0.2) is 0 Å². The fourth-order valence-corrected chi connectivity index (χ4v) is 3.31. The highest BCUT2D eigenvalue weighted by atomic mass is 16.7. The van der Waals surface area contributed by atoms with Crippen LogP contribution in [0.1, 0.15) is 19.4 Å². The lowest BCUT2D eigenvalue weighted by atomic mass is 9.97. The Morgan fingerprint density at radius 1 is 0.667 bits per heavy atom. The van der Waals surface area contributed by atoms with Crippen molar-refractivity contribution in [1.82, 2.24) is 0 Å². The zero-order valence-corrected chi connectivity index (χ0v) is 19.8. The molecule has 0 aliphatic rings. The molecule has 0 heterocycles. The second-order valence-corrected chi connectivity index (χ2v) is 7.55. The zero-order chi connectivity index (χ0) is 23.5. The van der Waals surface area contributed by atoms with Crippen LogP contribution in [0.5, 0.6) is 17.2 Å².